The minimum atomic E-state index is -0.491. The first-order chi connectivity index (χ1) is 23.3. The molecule has 4 aliphatic rings. The summed E-state index contributed by atoms with van der Waals surface area (Å²) in [7, 11) is 4.67. The maximum absolute atomic E-state index is 13.6. The van der Waals surface area contributed by atoms with Crippen LogP contribution in [0.3, 0.4) is 0 Å². The van der Waals surface area contributed by atoms with E-state index in [0.717, 1.165) is 16.7 Å². The third kappa shape index (κ3) is 5.43. The normalized spacial score (nSPS) is 23.0. The molecule has 7 rings (SSSR count). The van der Waals surface area contributed by atoms with E-state index in [0.29, 0.717) is 60.5 Å². The van der Waals surface area contributed by atoms with E-state index in [4.69, 9.17) is 28.4 Å². The number of methoxy groups -OCH3 is 3. The Hall–Kier alpha value is -5.30. The van der Waals surface area contributed by atoms with Crippen molar-refractivity contribution in [1.29, 1.82) is 0 Å². The molecular formula is C35H35N3O10. The Kier molecular flexibility index (Phi) is 8.29. The Morgan fingerprint density at radius 3 is 2.15 bits per heavy atom. The summed E-state index contributed by atoms with van der Waals surface area (Å²) < 4.78 is 34.3. The van der Waals surface area contributed by atoms with E-state index in [2.05, 4.69) is 4.90 Å². The summed E-state index contributed by atoms with van der Waals surface area (Å²) in [5, 5.41) is 10.9. The fourth-order valence-corrected chi connectivity index (χ4v) is 7.48. The fraction of sp³-hybridized carbons (Fsp3) is 0.371. The summed E-state index contributed by atoms with van der Waals surface area (Å²) in [6, 6.07) is 13.6. The van der Waals surface area contributed by atoms with Gasteiger partial charge in [0.1, 0.15) is 0 Å². The van der Waals surface area contributed by atoms with Crippen LogP contribution in [0.25, 0.3) is 6.08 Å². The van der Waals surface area contributed by atoms with Crippen LogP contribution in [0, 0.1) is 22.0 Å². The van der Waals surface area contributed by atoms with Gasteiger partial charge in [-0.1, -0.05) is 0 Å². The molecule has 0 aromatic heterocycles. The van der Waals surface area contributed by atoms with Gasteiger partial charge in [0.15, 0.2) is 23.0 Å². The highest BCUT2D eigenvalue weighted by atomic mass is 16.7. The predicted molar refractivity (Wildman–Crippen MR) is 171 cm³/mol. The molecule has 1 aliphatic carbocycles. The van der Waals surface area contributed by atoms with Gasteiger partial charge in [-0.05, 0) is 64.7 Å². The molecule has 13 heteroatoms. The maximum atomic E-state index is 13.6. The van der Waals surface area contributed by atoms with Crippen LogP contribution < -0.4 is 23.7 Å². The second-order valence-electron chi connectivity index (χ2n) is 12.1. The van der Waals surface area contributed by atoms with Crippen molar-refractivity contribution in [2.75, 3.05) is 60.9 Å². The zero-order valence-electron chi connectivity index (χ0n) is 26.7. The predicted octanol–water partition coefficient (Wildman–Crippen LogP) is 4.18. The molecule has 2 saturated heterocycles. The minimum Gasteiger partial charge on any atom is -0.493 e. The van der Waals surface area contributed by atoms with Gasteiger partial charge in [-0.3, -0.25) is 24.6 Å². The molecule has 13 nitrogen and oxygen atoms in total. The number of piperazine rings is 1. The summed E-state index contributed by atoms with van der Waals surface area (Å²) in [5.41, 5.74) is 3.48. The van der Waals surface area contributed by atoms with Crippen LogP contribution in [-0.2, 0) is 14.3 Å². The lowest BCUT2D eigenvalue weighted by molar-refractivity contribution is -0.384. The third-order valence-corrected chi connectivity index (χ3v) is 9.74. The van der Waals surface area contributed by atoms with Crippen LogP contribution in [0.1, 0.15) is 34.2 Å². The number of rotatable bonds is 8. The minimum absolute atomic E-state index is 0.00528. The van der Waals surface area contributed by atoms with Crippen molar-refractivity contribution in [2.24, 2.45) is 11.8 Å². The number of hydrogen-bond donors (Lipinski definition) is 0. The monoisotopic (exact) mass is 657 g/mol. The Morgan fingerprint density at radius 2 is 1.54 bits per heavy atom. The van der Waals surface area contributed by atoms with E-state index in [1.54, 1.807) is 44.4 Å². The van der Waals surface area contributed by atoms with E-state index in [-0.39, 0.29) is 48.8 Å². The molecular weight excluding hydrogens is 622 g/mol. The second-order valence-corrected chi connectivity index (χ2v) is 12.1. The molecule has 3 aromatic carbocycles. The Morgan fingerprint density at radius 1 is 0.896 bits per heavy atom. The molecule has 3 heterocycles. The third-order valence-electron chi connectivity index (χ3n) is 9.74. The number of nitrogens with zero attached hydrogens (tertiary/aromatic N) is 3. The number of fused-ring (bicyclic) bond motifs is 3. The molecule has 1 amide bonds. The summed E-state index contributed by atoms with van der Waals surface area (Å²) in [4.78, 5) is 41.3. The number of amides is 1. The average molecular weight is 658 g/mol. The lowest BCUT2D eigenvalue weighted by Crippen LogP contribution is -2.52. The van der Waals surface area contributed by atoms with E-state index in [9.17, 15) is 19.7 Å². The summed E-state index contributed by atoms with van der Waals surface area (Å²) in [6.45, 7) is 2.52. The first-order valence-electron chi connectivity index (χ1n) is 15.7. The molecule has 0 spiro atoms. The highest BCUT2D eigenvalue weighted by Crippen LogP contribution is 2.57. The van der Waals surface area contributed by atoms with Crippen LogP contribution in [-0.4, -0.2) is 87.5 Å². The van der Waals surface area contributed by atoms with Gasteiger partial charge in [0.25, 0.3) is 5.69 Å². The second kappa shape index (κ2) is 12.7. The lowest BCUT2D eigenvalue weighted by atomic mass is 9.64. The zero-order valence-corrected chi connectivity index (χ0v) is 26.7. The SMILES string of the molecule is COc1cc([C@@H]2c3cc4c(cc3[C@@H](N3CCN(C(=O)/C=C/c5ccc([N+](=O)[O-])cc5)CC3)[C@H]3COC(=O)[C@H]23)OCO4)cc(OC)c1OC. The number of carbonyl (C=O) groups excluding carboxylic acids is 2. The van der Waals surface area contributed by atoms with Gasteiger partial charge in [-0.2, -0.15) is 0 Å². The molecule has 0 bridgehead atoms. The average Bonchev–Trinajstić information content (AvgIpc) is 3.74. The maximum Gasteiger partial charge on any atom is 0.310 e. The molecule has 3 aromatic rings. The molecule has 2 fully saturated rings. The van der Waals surface area contributed by atoms with Gasteiger partial charge in [0, 0.05) is 62.3 Å². The van der Waals surface area contributed by atoms with Crippen molar-refractivity contribution in [1.82, 2.24) is 9.80 Å². The van der Waals surface area contributed by atoms with Gasteiger partial charge in [-0.15, -0.1) is 0 Å². The Balaban J connectivity index is 1.19. The fourth-order valence-electron chi connectivity index (χ4n) is 7.48. The molecule has 48 heavy (non-hydrogen) atoms. The highest BCUT2D eigenvalue weighted by molar-refractivity contribution is 5.92. The molecule has 0 unspecified atom stereocenters. The van der Waals surface area contributed by atoms with Gasteiger partial charge < -0.3 is 33.3 Å². The van der Waals surface area contributed by atoms with Crippen molar-refractivity contribution in [3.63, 3.8) is 0 Å². The number of benzene rings is 3. The quantitative estimate of drug-likeness (QED) is 0.149. The van der Waals surface area contributed by atoms with Gasteiger partial charge >= 0.3 is 5.97 Å². The topological polar surface area (TPSA) is 139 Å². The van der Waals surface area contributed by atoms with Crippen LogP contribution in [0.15, 0.2) is 54.6 Å². The van der Waals surface area contributed by atoms with Crippen LogP contribution in [0.4, 0.5) is 5.69 Å². The van der Waals surface area contributed by atoms with Crippen LogP contribution >= 0.6 is 0 Å². The van der Waals surface area contributed by atoms with Crippen molar-refractivity contribution in [2.45, 2.75) is 12.0 Å². The number of hydrogen-bond acceptors (Lipinski definition) is 11. The summed E-state index contributed by atoms with van der Waals surface area (Å²) in [5.74, 6) is 1.26. The molecule has 3 aliphatic heterocycles. The summed E-state index contributed by atoms with van der Waals surface area (Å²) in [6.07, 6.45) is 3.16. The number of nitro benzene ring substituents is 1. The van der Waals surface area contributed by atoms with Crippen molar-refractivity contribution >= 4 is 23.6 Å². The van der Waals surface area contributed by atoms with Gasteiger partial charge in [0.2, 0.25) is 18.4 Å². The van der Waals surface area contributed by atoms with Gasteiger partial charge in [-0.25, -0.2) is 0 Å². The lowest BCUT2D eigenvalue weighted by Gasteiger charge is -2.46. The number of esters is 1. The van der Waals surface area contributed by atoms with Gasteiger partial charge in [0.05, 0.1) is 38.8 Å². The van der Waals surface area contributed by atoms with E-state index >= 15 is 0 Å². The first kappa shape index (κ1) is 31.3. The molecule has 0 N–H and O–H groups in total. The molecule has 250 valence electrons. The summed E-state index contributed by atoms with van der Waals surface area (Å²) >= 11 is 0. The van der Waals surface area contributed by atoms with Crippen LogP contribution in [0.5, 0.6) is 28.7 Å². The molecule has 0 radical (unpaired) electrons. The first-order valence-corrected chi connectivity index (χ1v) is 15.7. The number of non-ortho nitro benzene ring substituents is 1. The Bertz CT molecular complexity index is 1760. The van der Waals surface area contributed by atoms with E-state index < -0.39 is 10.8 Å². The highest BCUT2D eigenvalue weighted by Gasteiger charge is 2.54. The number of ether oxygens (including phenoxy) is 6. The smallest absolute Gasteiger partial charge is 0.310 e. The largest absolute Gasteiger partial charge is 0.493 e. The number of carbonyl (C=O) groups is 2. The van der Waals surface area contributed by atoms with E-state index in [1.807, 2.05) is 24.3 Å². The van der Waals surface area contributed by atoms with Crippen molar-refractivity contribution in [3.05, 3.63) is 87.0 Å². The van der Waals surface area contributed by atoms with E-state index in [1.165, 1.54) is 18.2 Å². The molecule has 0 saturated carbocycles. The van der Waals surface area contributed by atoms with Crippen molar-refractivity contribution in [3.8, 4) is 28.7 Å². The number of nitro groups is 1. The standard InChI is InChI=1S/C35H35N3O10/c1-43-28-14-21(15-29(44-2)34(28)45-3)31-23-16-26-27(48-19-47-26)17-24(23)33(25-18-46-35(40)32(25)31)37-12-10-36(11-13-37)30(39)9-6-20-4-7-22(8-5-20)38(41)42/h4-9,14-17,25,31-33H,10-13,18-19H2,1-3H3/b9-6+/t25-,31+,32-,33+/m0/s1. The number of cyclic esters (lactones) is 1. The van der Waals surface area contributed by atoms with Crippen LogP contribution in [0.2, 0.25) is 0 Å². The molecule has 4 atom stereocenters. The Labute approximate surface area is 276 Å². The zero-order chi connectivity index (χ0) is 33.5. The van der Waals surface area contributed by atoms with Crippen molar-refractivity contribution < 1.29 is 42.9 Å².